The van der Waals surface area contributed by atoms with Gasteiger partial charge >= 0.3 is 5.97 Å². The van der Waals surface area contributed by atoms with Gasteiger partial charge in [-0.2, -0.15) is 0 Å². The quantitative estimate of drug-likeness (QED) is 0.871. The number of anilines is 1. The van der Waals surface area contributed by atoms with Crippen molar-refractivity contribution in [2.24, 2.45) is 0 Å². The number of carboxylic acid groups (broad SMARTS) is 1. The molecule has 0 bridgehead atoms. The summed E-state index contributed by atoms with van der Waals surface area (Å²) in [6, 6.07) is 2.11. The molecule has 1 aromatic heterocycles. The van der Waals surface area contributed by atoms with Gasteiger partial charge in [0, 0.05) is 0 Å². The van der Waals surface area contributed by atoms with Crippen LogP contribution >= 0.6 is 0 Å². The van der Waals surface area contributed by atoms with Gasteiger partial charge in [-0.25, -0.2) is 13.4 Å². The summed E-state index contributed by atoms with van der Waals surface area (Å²) in [5.41, 5.74) is 0.461. The predicted molar refractivity (Wildman–Crippen MR) is 71.9 cm³/mol. The van der Waals surface area contributed by atoms with E-state index < -0.39 is 26.6 Å². The number of pyridine rings is 1. The molecule has 0 saturated heterocycles. The van der Waals surface area contributed by atoms with Crippen LogP contribution < -0.4 is 5.32 Å². The van der Waals surface area contributed by atoms with Crippen molar-refractivity contribution >= 4 is 21.5 Å². The van der Waals surface area contributed by atoms with E-state index in [-0.39, 0.29) is 5.03 Å². The number of sulfone groups is 1. The lowest BCUT2D eigenvalue weighted by Crippen LogP contribution is -2.29. The summed E-state index contributed by atoms with van der Waals surface area (Å²) < 4.78 is 23.3. The SMILES string of the molecule is C[C@@H](Nc1ccc(S(=O)(=O)C(C)(C)C)nc1)C(=O)O. The zero-order valence-corrected chi connectivity index (χ0v) is 12.2. The zero-order chi connectivity index (χ0) is 14.8. The van der Waals surface area contributed by atoms with Crippen molar-refractivity contribution in [2.75, 3.05) is 5.32 Å². The Bertz CT molecular complexity index is 558. The molecule has 0 unspecified atom stereocenters. The van der Waals surface area contributed by atoms with Gasteiger partial charge in [-0.15, -0.1) is 0 Å². The van der Waals surface area contributed by atoms with E-state index in [1.54, 1.807) is 20.8 Å². The number of carboxylic acids is 1. The molecule has 0 fully saturated rings. The summed E-state index contributed by atoms with van der Waals surface area (Å²) in [4.78, 5) is 14.6. The Balaban J connectivity index is 2.98. The molecule has 1 atom stereocenters. The molecule has 0 spiro atoms. The van der Waals surface area contributed by atoms with Crippen LogP contribution in [0.3, 0.4) is 0 Å². The smallest absolute Gasteiger partial charge is 0.325 e. The topological polar surface area (TPSA) is 96.4 Å². The second-order valence-corrected chi connectivity index (χ2v) is 7.86. The van der Waals surface area contributed by atoms with Gasteiger partial charge < -0.3 is 10.4 Å². The zero-order valence-electron chi connectivity index (χ0n) is 11.3. The van der Waals surface area contributed by atoms with E-state index in [9.17, 15) is 13.2 Å². The lowest BCUT2D eigenvalue weighted by molar-refractivity contribution is -0.137. The van der Waals surface area contributed by atoms with Crippen LogP contribution in [0.1, 0.15) is 27.7 Å². The van der Waals surface area contributed by atoms with Gasteiger partial charge in [0.2, 0.25) is 0 Å². The van der Waals surface area contributed by atoms with E-state index in [0.717, 1.165) is 0 Å². The van der Waals surface area contributed by atoms with Gasteiger partial charge in [0.25, 0.3) is 0 Å². The Morgan fingerprint density at radius 1 is 1.37 bits per heavy atom. The first-order chi connectivity index (χ1) is 8.55. The number of nitrogens with one attached hydrogen (secondary N) is 1. The lowest BCUT2D eigenvalue weighted by Gasteiger charge is -2.18. The molecule has 1 aromatic rings. The third kappa shape index (κ3) is 3.44. The fourth-order valence-corrected chi connectivity index (χ4v) is 2.32. The van der Waals surface area contributed by atoms with Crippen LogP contribution in [0.25, 0.3) is 0 Å². The summed E-state index contributed by atoms with van der Waals surface area (Å²) in [5.74, 6) is -0.994. The Hall–Kier alpha value is -1.63. The molecular formula is C12H18N2O4S. The normalized spacial score (nSPS) is 13.9. The van der Waals surface area contributed by atoms with Crippen molar-refractivity contribution in [1.29, 1.82) is 0 Å². The minimum absolute atomic E-state index is 0.0199. The Kier molecular flexibility index (Phi) is 4.19. The number of hydrogen-bond donors (Lipinski definition) is 2. The van der Waals surface area contributed by atoms with Gasteiger partial charge in [0.1, 0.15) is 6.04 Å². The molecule has 0 aliphatic heterocycles. The van der Waals surface area contributed by atoms with E-state index in [4.69, 9.17) is 5.11 Å². The van der Waals surface area contributed by atoms with E-state index in [1.807, 2.05) is 0 Å². The van der Waals surface area contributed by atoms with E-state index >= 15 is 0 Å². The molecule has 1 rings (SSSR count). The molecule has 1 heterocycles. The van der Waals surface area contributed by atoms with Crippen LogP contribution in [-0.4, -0.2) is 35.3 Å². The predicted octanol–water partition coefficient (Wildman–Crippen LogP) is 1.54. The fourth-order valence-electron chi connectivity index (χ4n) is 1.25. The van der Waals surface area contributed by atoms with Crippen LogP contribution in [0.15, 0.2) is 23.4 Å². The van der Waals surface area contributed by atoms with E-state index in [0.29, 0.717) is 5.69 Å². The van der Waals surface area contributed by atoms with Crippen LogP contribution in [0.4, 0.5) is 5.69 Å². The van der Waals surface area contributed by atoms with Crippen molar-refractivity contribution in [3.05, 3.63) is 18.3 Å². The largest absolute Gasteiger partial charge is 0.480 e. The maximum absolute atomic E-state index is 12.1. The average Bonchev–Trinajstić information content (AvgIpc) is 2.28. The molecule has 7 heteroatoms. The van der Waals surface area contributed by atoms with Gasteiger partial charge in [0.15, 0.2) is 14.9 Å². The number of carbonyl (C=O) groups is 1. The second kappa shape index (κ2) is 5.16. The monoisotopic (exact) mass is 286 g/mol. The minimum Gasteiger partial charge on any atom is -0.480 e. The number of rotatable bonds is 4. The standard InChI is InChI=1S/C12H18N2O4S/c1-8(11(15)16)14-9-5-6-10(13-7-9)19(17,18)12(2,3)4/h5-8,14H,1-4H3,(H,15,16)/t8-/m1/s1. The molecule has 0 radical (unpaired) electrons. The molecule has 6 nitrogen and oxygen atoms in total. The molecule has 0 aliphatic carbocycles. The van der Waals surface area contributed by atoms with E-state index in [1.165, 1.54) is 25.3 Å². The summed E-state index contributed by atoms with van der Waals surface area (Å²) >= 11 is 0. The number of aliphatic carboxylic acids is 1. The van der Waals surface area contributed by atoms with Gasteiger partial charge in [-0.3, -0.25) is 4.79 Å². The minimum atomic E-state index is -3.49. The molecule has 19 heavy (non-hydrogen) atoms. The maximum Gasteiger partial charge on any atom is 0.325 e. The molecular weight excluding hydrogens is 268 g/mol. The van der Waals surface area contributed by atoms with Gasteiger partial charge in [-0.1, -0.05) is 0 Å². The number of hydrogen-bond acceptors (Lipinski definition) is 5. The highest BCUT2D eigenvalue weighted by Gasteiger charge is 2.31. The Labute approximate surface area is 112 Å². The highest BCUT2D eigenvalue weighted by Crippen LogP contribution is 2.23. The summed E-state index contributed by atoms with van der Waals surface area (Å²) in [5, 5.41) is 11.4. The van der Waals surface area contributed by atoms with Gasteiger partial charge in [0.05, 0.1) is 16.6 Å². The van der Waals surface area contributed by atoms with Crippen molar-refractivity contribution in [1.82, 2.24) is 4.98 Å². The fraction of sp³-hybridized carbons (Fsp3) is 0.500. The highest BCUT2D eigenvalue weighted by atomic mass is 32.2. The second-order valence-electron chi connectivity index (χ2n) is 5.21. The summed E-state index contributed by atoms with van der Waals surface area (Å²) in [7, 11) is -3.49. The molecule has 0 aliphatic rings. The first kappa shape index (κ1) is 15.4. The third-order valence-electron chi connectivity index (χ3n) is 2.57. The third-order valence-corrected chi connectivity index (χ3v) is 4.98. The van der Waals surface area contributed by atoms with Crippen molar-refractivity contribution in [2.45, 2.75) is 43.5 Å². The highest BCUT2D eigenvalue weighted by molar-refractivity contribution is 7.92. The molecule has 0 saturated carbocycles. The molecule has 2 N–H and O–H groups in total. The average molecular weight is 286 g/mol. The first-order valence-electron chi connectivity index (χ1n) is 5.76. The van der Waals surface area contributed by atoms with Crippen LogP contribution in [-0.2, 0) is 14.6 Å². The lowest BCUT2D eigenvalue weighted by atomic mass is 10.3. The maximum atomic E-state index is 12.1. The van der Waals surface area contributed by atoms with Crippen molar-refractivity contribution < 1.29 is 18.3 Å². The summed E-state index contributed by atoms with van der Waals surface area (Å²) in [6.07, 6.45) is 1.32. The first-order valence-corrected chi connectivity index (χ1v) is 7.24. The number of nitrogens with zero attached hydrogens (tertiary/aromatic N) is 1. The Morgan fingerprint density at radius 2 is 1.95 bits per heavy atom. The van der Waals surface area contributed by atoms with Crippen molar-refractivity contribution in [3.8, 4) is 0 Å². The van der Waals surface area contributed by atoms with Crippen LogP contribution in [0, 0.1) is 0 Å². The van der Waals surface area contributed by atoms with Crippen molar-refractivity contribution in [3.63, 3.8) is 0 Å². The van der Waals surface area contributed by atoms with Crippen LogP contribution in [0.2, 0.25) is 0 Å². The van der Waals surface area contributed by atoms with E-state index in [2.05, 4.69) is 10.3 Å². The number of aromatic nitrogens is 1. The summed E-state index contributed by atoms with van der Waals surface area (Å²) in [6.45, 7) is 6.29. The molecule has 0 amide bonds. The molecule has 106 valence electrons. The van der Waals surface area contributed by atoms with Crippen LogP contribution in [0.5, 0.6) is 0 Å². The van der Waals surface area contributed by atoms with Gasteiger partial charge in [-0.05, 0) is 39.8 Å². The molecule has 0 aromatic carbocycles. The Morgan fingerprint density at radius 3 is 2.32 bits per heavy atom.